The molecule has 0 atom stereocenters. The van der Waals surface area contributed by atoms with Crippen molar-refractivity contribution in [3.8, 4) is 0 Å². The van der Waals surface area contributed by atoms with E-state index < -0.39 is 0 Å². The SMILES string of the molecule is CC(C)C(C)(C)C(C)(C)C(=O)N1CCOCC1. The predicted octanol–water partition coefficient (Wildman–Crippen LogP) is 2.55. The quantitative estimate of drug-likeness (QED) is 0.760. The van der Waals surface area contributed by atoms with E-state index >= 15 is 0 Å². The summed E-state index contributed by atoms with van der Waals surface area (Å²) in [5.74, 6) is 0.738. The van der Waals surface area contributed by atoms with Gasteiger partial charge in [-0.1, -0.05) is 41.5 Å². The van der Waals surface area contributed by atoms with Gasteiger partial charge in [-0.15, -0.1) is 0 Å². The monoisotopic (exact) mass is 241 g/mol. The van der Waals surface area contributed by atoms with Crippen molar-refractivity contribution in [2.75, 3.05) is 26.3 Å². The molecule has 3 heteroatoms. The molecular weight excluding hydrogens is 214 g/mol. The first kappa shape index (κ1) is 14.5. The van der Waals surface area contributed by atoms with Crippen molar-refractivity contribution >= 4 is 5.91 Å². The number of rotatable bonds is 3. The second-order valence-corrected chi connectivity index (χ2v) is 6.41. The molecule has 3 nitrogen and oxygen atoms in total. The summed E-state index contributed by atoms with van der Waals surface area (Å²) in [4.78, 5) is 14.6. The summed E-state index contributed by atoms with van der Waals surface area (Å²) in [7, 11) is 0. The first-order valence-electron chi connectivity index (χ1n) is 6.58. The summed E-state index contributed by atoms with van der Waals surface area (Å²) < 4.78 is 5.30. The van der Waals surface area contributed by atoms with E-state index in [9.17, 15) is 4.79 Å². The van der Waals surface area contributed by atoms with Crippen LogP contribution in [0, 0.1) is 16.7 Å². The number of carbonyl (C=O) groups excluding carboxylic acids is 1. The number of amides is 1. The summed E-state index contributed by atoms with van der Waals surface area (Å²) in [6.07, 6.45) is 0. The van der Waals surface area contributed by atoms with E-state index in [1.807, 2.05) is 4.90 Å². The van der Waals surface area contributed by atoms with Crippen LogP contribution in [-0.4, -0.2) is 37.1 Å². The summed E-state index contributed by atoms with van der Waals surface area (Å²) >= 11 is 0. The minimum atomic E-state index is -0.335. The molecule has 0 aromatic carbocycles. The number of ether oxygens (including phenoxy) is 1. The zero-order valence-electron chi connectivity index (χ0n) is 12.2. The highest BCUT2D eigenvalue weighted by Gasteiger charge is 2.46. The van der Waals surface area contributed by atoms with Gasteiger partial charge in [0.1, 0.15) is 0 Å². The Hall–Kier alpha value is -0.570. The molecule has 0 unspecified atom stereocenters. The standard InChI is InChI=1S/C14H27NO2/c1-11(2)13(3,4)14(5,6)12(16)15-7-9-17-10-8-15/h11H,7-10H2,1-6H3. The Kier molecular flexibility index (Phi) is 4.23. The molecule has 0 radical (unpaired) electrons. The van der Waals surface area contributed by atoms with Crippen LogP contribution in [0.4, 0.5) is 0 Å². The molecule has 1 amide bonds. The topological polar surface area (TPSA) is 29.5 Å². The van der Waals surface area contributed by atoms with Crippen molar-refractivity contribution in [3.63, 3.8) is 0 Å². The third-order valence-electron chi connectivity index (χ3n) is 4.89. The second kappa shape index (κ2) is 4.97. The molecule has 100 valence electrons. The Balaban J connectivity index is 2.85. The van der Waals surface area contributed by atoms with Crippen molar-refractivity contribution in [2.24, 2.45) is 16.7 Å². The van der Waals surface area contributed by atoms with E-state index in [1.54, 1.807) is 0 Å². The van der Waals surface area contributed by atoms with Gasteiger partial charge >= 0.3 is 0 Å². The van der Waals surface area contributed by atoms with Gasteiger partial charge in [0, 0.05) is 18.5 Å². The molecular formula is C14H27NO2. The lowest BCUT2D eigenvalue weighted by Crippen LogP contribution is -2.53. The summed E-state index contributed by atoms with van der Waals surface area (Å²) in [5, 5.41) is 0. The molecule has 0 spiro atoms. The average Bonchev–Trinajstić information content (AvgIpc) is 2.28. The Labute approximate surface area is 106 Å². The molecule has 0 aliphatic carbocycles. The van der Waals surface area contributed by atoms with Crippen LogP contribution in [0.2, 0.25) is 0 Å². The van der Waals surface area contributed by atoms with Gasteiger partial charge in [-0.25, -0.2) is 0 Å². The number of hydrogen-bond acceptors (Lipinski definition) is 2. The lowest BCUT2D eigenvalue weighted by atomic mass is 9.61. The molecule has 1 rings (SSSR count). The van der Waals surface area contributed by atoms with Crippen molar-refractivity contribution in [2.45, 2.75) is 41.5 Å². The van der Waals surface area contributed by atoms with Gasteiger partial charge in [0.2, 0.25) is 5.91 Å². The number of nitrogens with zero attached hydrogens (tertiary/aromatic N) is 1. The summed E-state index contributed by atoms with van der Waals surface area (Å²) in [6, 6.07) is 0. The van der Waals surface area contributed by atoms with Gasteiger partial charge in [-0.3, -0.25) is 4.79 Å². The van der Waals surface area contributed by atoms with Gasteiger partial charge < -0.3 is 9.64 Å². The minimum Gasteiger partial charge on any atom is -0.378 e. The van der Waals surface area contributed by atoms with Crippen LogP contribution < -0.4 is 0 Å². The fourth-order valence-corrected chi connectivity index (χ4v) is 2.16. The molecule has 1 fully saturated rings. The van der Waals surface area contributed by atoms with Crippen LogP contribution in [0.15, 0.2) is 0 Å². The first-order valence-corrected chi connectivity index (χ1v) is 6.58. The number of hydrogen-bond donors (Lipinski definition) is 0. The van der Waals surface area contributed by atoms with Crippen LogP contribution in [0.1, 0.15) is 41.5 Å². The lowest BCUT2D eigenvalue weighted by molar-refractivity contribution is -0.153. The summed E-state index contributed by atoms with van der Waals surface area (Å²) in [5.41, 5.74) is -0.346. The fraction of sp³-hybridized carbons (Fsp3) is 0.929. The maximum absolute atomic E-state index is 12.6. The Morgan fingerprint density at radius 2 is 1.59 bits per heavy atom. The summed E-state index contributed by atoms with van der Waals surface area (Å²) in [6.45, 7) is 15.7. The number of morpholine rings is 1. The van der Waals surface area contributed by atoms with Crippen molar-refractivity contribution in [1.82, 2.24) is 4.90 Å². The highest BCUT2D eigenvalue weighted by Crippen LogP contribution is 2.45. The number of carbonyl (C=O) groups is 1. The molecule has 17 heavy (non-hydrogen) atoms. The van der Waals surface area contributed by atoms with Gasteiger partial charge in [-0.2, -0.15) is 0 Å². The lowest BCUT2D eigenvalue weighted by Gasteiger charge is -2.46. The van der Waals surface area contributed by atoms with Crippen LogP contribution in [0.3, 0.4) is 0 Å². The van der Waals surface area contributed by atoms with Crippen LogP contribution in [-0.2, 0) is 9.53 Å². The highest BCUT2D eigenvalue weighted by molar-refractivity contribution is 5.83. The maximum atomic E-state index is 12.6. The predicted molar refractivity (Wildman–Crippen MR) is 69.8 cm³/mol. The Morgan fingerprint density at radius 1 is 1.12 bits per heavy atom. The Bertz CT molecular complexity index is 276. The molecule has 0 bridgehead atoms. The van der Waals surface area contributed by atoms with Crippen molar-refractivity contribution in [3.05, 3.63) is 0 Å². The molecule has 0 aromatic rings. The third kappa shape index (κ3) is 2.65. The molecule has 1 aliphatic rings. The molecule has 0 N–H and O–H groups in total. The smallest absolute Gasteiger partial charge is 0.228 e. The first-order chi connectivity index (χ1) is 7.71. The molecule has 0 saturated carbocycles. The zero-order chi connectivity index (χ0) is 13.3. The van der Waals surface area contributed by atoms with Gasteiger partial charge in [0.25, 0.3) is 0 Å². The van der Waals surface area contributed by atoms with Crippen molar-refractivity contribution < 1.29 is 9.53 Å². The fourth-order valence-electron chi connectivity index (χ4n) is 2.16. The van der Waals surface area contributed by atoms with Gasteiger partial charge in [-0.05, 0) is 11.3 Å². The van der Waals surface area contributed by atoms with E-state index in [0.717, 1.165) is 13.1 Å². The highest BCUT2D eigenvalue weighted by atomic mass is 16.5. The molecule has 1 aliphatic heterocycles. The third-order valence-corrected chi connectivity index (χ3v) is 4.89. The normalized spacial score (nSPS) is 18.6. The van der Waals surface area contributed by atoms with Gasteiger partial charge in [0.05, 0.1) is 13.2 Å². The molecule has 1 saturated heterocycles. The van der Waals surface area contributed by atoms with E-state index in [-0.39, 0.29) is 16.7 Å². The zero-order valence-corrected chi connectivity index (χ0v) is 12.2. The molecule has 1 heterocycles. The van der Waals surface area contributed by atoms with E-state index in [0.29, 0.717) is 19.1 Å². The second-order valence-electron chi connectivity index (χ2n) is 6.41. The maximum Gasteiger partial charge on any atom is 0.228 e. The van der Waals surface area contributed by atoms with Gasteiger partial charge in [0.15, 0.2) is 0 Å². The Morgan fingerprint density at radius 3 is 2.00 bits per heavy atom. The van der Waals surface area contributed by atoms with Crippen LogP contribution in [0.5, 0.6) is 0 Å². The van der Waals surface area contributed by atoms with E-state index in [1.165, 1.54) is 0 Å². The van der Waals surface area contributed by atoms with Crippen molar-refractivity contribution in [1.29, 1.82) is 0 Å². The van der Waals surface area contributed by atoms with E-state index in [4.69, 9.17) is 4.74 Å². The largest absolute Gasteiger partial charge is 0.378 e. The molecule has 0 aromatic heterocycles. The average molecular weight is 241 g/mol. The van der Waals surface area contributed by atoms with E-state index in [2.05, 4.69) is 41.5 Å². The van der Waals surface area contributed by atoms with Crippen LogP contribution >= 0.6 is 0 Å². The minimum absolute atomic E-state index is 0.0115. The van der Waals surface area contributed by atoms with Crippen LogP contribution in [0.25, 0.3) is 0 Å².